The molecule has 0 heterocycles. The summed E-state index contributed by atoms with van der Waals surface area (Å²) in [6.07, 6.45) is 0. The molecule has 102 valence electrons. The SMILES string of the molecule is CCOc1ccc2c(ccc3cc(OCC)ccc32)c1. The van der Waals surface area contributed by atoms with Crippen LogP contribution in [0.5, 0.6) is 11.5 Å². The van der Waals surface area contributed by atoms with Gasteiger partial charge >= 0.3 is 0 Å². The second-order valence-corrected chi connectivity index (χ2v) is 4.70. The van der Waals surface area contributed by atoms with E-state index in [4.69, 9.17) is 9.47 Å². The van der Waals surface area contributed by atoms with Crippen LogP contribution in [-0.4, -0.2) is 13.2 Å². The van der Waals surface area contributed by atoms with Crippen LogP contribution >= 0.6 is 0 Å². The van der Waals surface area contributed by atoms with Crippen molar-refractivity contribution in [2.24, 2.45) is 0 Å². The number of rotatable bonds is 4. The highest BCUT2D eigenvalue weighted by Crippen LogP contribution is 2.30. The summed E-state index contributed by atoms with van der Waals surface area (Å²) in [6.45, 7) is 5.38. The zero-order valence-electron chi connectivity index (χ0n) is 11.8. The summed E-state index contributed by atoms with van der Waals surface area (Å²) in [4.78, 5) is 0. The van der Waals surface area contributed by atoms with Gasteiger partial charge in [0, 0.05) is 0 Å². The van der Waals surface area contributed by atoms with E-state index in [1.165, 1.54) is 21.5 Å². The van der Waals surface area contributed by atoms with Crippen LogP contribution in [0.4, 0.5) is 0 Å². The van der Waals surface area contributed by atoms with Crippen molar-refractivity contribution in [2.45, 2.75) is 13.8 Å². The standard InChI is InChI=1S/C18H18O2/c1-3-19-15-7-9-17-13(11-15)5-6-14-12-16(20-4-2)8-10-18(14)17/h5-12H,3-4H2,1-2H3. The average molecular weight is 266 g/mol. The summed E-state index contributed by atoms with van der Waals surface area (Å²) < 4.78 is 11.1. The fraction of sp³-hybridized carbons (Fsp3) is 0.222. The molecule has 2 nitrogen and oxygen atoms in total. The Bertz CT molecular complexity index is 682. The van der Waals surface area contributed by atoms with Crippen molar-refractivity contribution in [3.63, 3.8) is 0 Å². The van der Waals surface area contributed by atoms with E-state index < -0.39 is 0 Å². The fourth-order valence-electron chi connectivity index (χ4n) is 2.54. The zero-order valence-corrected chi connectivity index (χ0v) is 11.8. The highest BCUT2D eigenvalue weighted by Gasteiger charge is 2.03. The normalized spacial score (nSPS) is 10.9. The Balaban J connectivity index is 2.15. The highest BCUT2D eigenvalue weighted by atomic mass is 16.5. The lowest BCUT2D eigenvalue weighted by atomic mass is 10.0. The van der Waals surface area contributed by atoms with Crippen LogP contribution in [0.3, 0.4) is 0 Å². The Morgan fingerprint density at radius 2 is 1.10 bits per heavy atom. The molecule has 0 unspecified atom stereocenters. The van der Waals surface area contributed by atoms with Gasteiger partial charge in [0.2, 0.25) is 0 Å². The average Bonchev–Trinajstić information content (AvgIpc) is 2.47. The van der Waals surface area contributed by atoms with E-state index in [1.807, 2.05) is 26.0 Å². The van der Waals surface area contributed by atoms with Crippen LogP contribution < -0.4 is 9.47 Å². The molecule has 0 fully saturated rings. The third-order valence-electron chi connectivity index (χ3n) is 3.40. The monoisotopic (exact) mass is 266 g/mol. The topological polar surface area (TPSA) is 18.5 Å². The largest absolute Gasteiger partial charge is 0.494 e. The molecule has 0 spiro atoms. The first kappa shape index (κ1) is 12.8. The smallest absolute Gasteiger partial charge is 0.119 e. The first-order valence-electron chi connectivity index (χ1n) is 7.04. The maximum atomic E-state index is 5.56. The summed E-state index contributed by atoms with van der Waals surface area (Å²) in [5, 5.41) is 4.89. The maximum absolute atomic E-state index is 5.56. The Morgan fingerprint density at radius 1 is 0.650 bits per heavy atom. The summed E-state index contributed by atoms with van der Waals surface area (Å²) in [5.41, 5.74) is 0. The van der Waals surface area contributed by atoms with Gasteiger partial charge in [-0.2, -0.15) is 0 Å². The Hall–Kier alpha value is -2.22. The molecule has 0 aromatic heterocycles. The Labute approximate surface area is 118 Å². The molecule has 0 radical (unpaired) electrons. The predicted octanol–water partition coefficient (Wildman–Crippen LogP) is 4.79. The first-order valence-corrected chi connectivity index (χ1v) is 7.04. The van der Waals surface area contributed by atoms with Gasteiger partial charge in [-0.25, -0.2) is 0 Å². The minimum Gasteiger partial charge on any atom is -0.494 e. The van der Waals surface area contributed by atoms with Crippen LogP contribution in [0.15, 0.2) is 48.5 Å². The molecule has 2 heteroatoms. The van der Waals surface area contributed by atoms with Crippen molar-refractivity contribution < 1.29 is 9.47 Å². The molecule has 20 heavy (non-hydrogen) atoms. The van der Waals surface area contributed by atoms with Crippen molar-refractivity contribution >= 4 is 21.5 Å². The minimum absolute atomic E-state index is 0.691. The summed E-state index contributed by atoms with van der Waals surface area (Å²) in [7, 11) is 0. The van der Waals surface area contributed by atoms with E-state index in [0.29, 0.717) is 13.2 Å². The molecule has 0 aliphatic rings. The minimum atomic E-state index is 0.691. The lowest BCUT2D eigenvalue weighted by molar-refractivity contribution is 0.340. The number of ether oxygens (including phenoxy) is 2. The van der Waals surface area contributed by atoms with Crippen LogP contribution in [0, 0.1) is 0 Å². The summed E-state index contributed by atoms with van der Waals surface area (Å²) in [5.74, 6) is 1.84. The van der Waals surface area contributed by atoms with Gasteiger partial charge < -0.3 is 9.47 Å². The van der Waals surface area contributed by atoms with E-state index in [-0.39, 0.29) is 0 Å². The van der Waals surface area contributed by atoms with Crippen molar-refractivity contribution in [1.82, 2.24) is 0 Å². The molecule has 0 amide bonds. The third-order valence-corrected chi connectivity index (χ3v) is 3.40. The van der Waals surface area contributed by atoms with E-state index in [1.54, 1.807) is 0 Å². The first-order chi connectivity index (χ1) is 9.81. The molecule has 3 aromatic rings. The second kappa shape index (κ2) is 5.41. The molecule has 0 N–H and O–H groups in total. The van der Waals surface area contributed by atoms with Gasteiger partial charge in [-0.3, -0.25) is 0 Å². The predicted molar refractivity (Wildman–Crippen MR) is 83.8 cm³/mol. The van der Waals surface area contributed by atoms with Crippen molar-refractivity contribution in [2.75, 3.05) is 13.2 Å². The molecule has 0 saturated heterocycles. The number of benzene rings is 3. The molecule has 0 aliphatic carbocycles. The summed E-state index contributed by atoms with van der Waals surface area (Å²) >= 11 is 0. The zero-order chi connectivity index (χ0) is 13.9. The van der Waals surface area contributed by atoms with Gasteiger partial charge in [0.1, 0.15) is 11.5 Å². The number of hydrogen-bond donors (Lipinski definition) is 0. The van der Waals surface area contributed by atoms with Crippen molar-refractivity contribution in [3.8, 4) is 11.5 Å². The molecule has 0 atom stereocenters. The Kier molecular flexibility index (Phi) is 3.46. The van der Waals surface area contributed by atoms with Crippen LogP contribution in [0.25, 0.3) is 21.5 Å². The molecule has 3 rings (SSSR count). The molecule has 3 aromatic carbocycles. The molecule has 0 saturated carbocycles. The lowest BCUT2D eigenvalue weighted by Crippen LogP contribution is -1.92. The number of fused-ring (bicyclic) bond motifs is 3. The van der Waals surface area contributed by atoms with Gasteiger partial charge in [-0.1, -0.05) is 24.3 Å². The van der Waals surface area contributed by atoms with Gasteiger partial charge in [0.15, 0.2) is 0 Å². The van der Waals surface area contributed by atoms with Crippen molar-refractivity contribution in [1.29, 1.82) is 0 Å². The third kappa shape index (κ3) is 2.29. The molecular formula is C18H18O2. The van der Waals surface area contributed by atoms with Gasteiger partial charge in [0.05, 0.1) is 13.2 Å². The summed E-state index contributed by atoms with van der Waals surface area (Å²) in [6, 6.07) is 16.8. The molecule has 0 bridgehead atoms. The highest BCUT2D eigenvalue weighted by molar-refractivity contribution is 6.08. The van der Waals surface area contributed by atoms with E-state index >= 15 is 0 Å². The van der Waals surface area contributed by atoms with Crippen LogP contribution in [-0.2, 0) is 0 Å². The fourth-order valence-corrected chi connectivity index (χ4v) is 2.54. The molecule has 0 aliphatic heterocycles. The van der Waals surface area contributed by atoms with E-state index in [2.05, 4.69) is 36.4 Å². The van der Waals surface area contributed by atoms with Gasteiger partial charge in [0.25, 0.3) is 0 Å². The quantitative estimate of drug-likeness (QED) is 0.632. The van der Waals surface area contributed by atoms with Gasteiger partial charge in [-0.15, -0.1) is 0 Å². The van der Waals surface area contributed by atoms with Crippen LogP contribution in [0.1, 0.15) is 13.8 Å². The number of hydrogen-bond acceptors (Lipinski definition) is 2. The van der Waals surface area contributed by atoms with Crippen molar-refractivity contribution in [3.05, 3.63) is 48.5 Å². The maximum Gasteiger partial charge on any atom is 0.119 e. The Morgan fingerprint density at radius 3 is 1.50 bits per heavy atom. The lowest BCUT2D eigenvalue weighted by Gasteiger charge is -2.09. The van der Waals surface area contributed by atoms with E-state index in [0.717, 1.165) is 11.5 Å². The molecular weight excluding hydrogens is 248 g/mol. The second-order valence-electron chi connectivity index (χ2n) is 4.70. The van der Waals surface area contributed by atoms with Gasteiger partial charge in [-0.05, 0) is 59.7 Å². The van der Waals surface area contributed by atoms with Crippen LogP contribution in [0.2, 0.25) is 0 Å². The van der Waals surface area contributed by atoms with E-state index in [9.17, 15) is 0 Å².